The van der Waals surface area contributed by atoms with E-state index in [2.05, 4.69) is 4.98 Å². The number of amides is 2. The fourth-order valence-electron chi connectivity index (χ4n) is 3.17. The van der Waals surface area contributed by atoms with Crippen molar-refractivity contribution < 1.29 is 18.0 Å². The second-order valence-corrected chi connectivity index (χ2v) is 10.0. The first-order valence-corrected chi connectivity index (χ1v) is 11.7. The van der Waals surface area contributed by atoms with E-state index in [1.165, 1.54) is 16.2 Å². The van der Waals surface area contributed by atoms with Gasteiger partial charge in [-0.2, -0.15) is 0 Å². The number of hydrogen-bond donors (Lipinski definition) is 1. The first-order chi connectivity index (χ1) is 13.2. The van der Waals surface area contributed by atoms with Crippen LogP contribution < -0.4 is 5.73 Å². The van der Waals surface area contributed by atoms with Crippen LogP contribution in [-0.4, -0.2) is 49.0 Å². The van der Waals surface area contributed by atoms with Crippen molar-refractivity contribution in [3.05, 3.63) is 40.9 Å². The molecule has 2 aromatic rings. The van der Waals surface area contributed by atoms with Crippen molar-refractivity contribution >= 4 is 33.0 Å². The molecule has 1 aliphatic rings. The molecule has 0 aliphatic carbocycles. The molecule has 0 atom stereocenters. The lowest BCUT2D eigenvalue weighted by atomic mass is 9.96. The first-order valence-electron chi connectivity index (χ1n) is 9.02. The average molecular weight is 422 g/mol. The Bertz CT molecular complexity index is 959. The Kier molecular flexibility index (Phi) is 6.14. The number of aryl methyl sites for hydroxylation is 1. The number of sulfone groups is 1. The van der Waals surface area contributed by atoms with Gasteiger partial charge in [0.2, 0.25) is 11.8 Å². The van der Waals surface area contributed by atoms with Crippen LogP contribution in [0.5, 0.6) is 0 Å². The van der Waals surface area contributed by atoms with Gasteiger partial charge in [-0.3, -0.25) is 9.59 Å². The van der Waals surface area contributed by atoms with E-state index >= 15 is 0 Å². The van der Waals surface area contributed by atoms with Crippen molar-refractivity contribution in [2.75, 3.05) is 18.8 Å². The van der Waals surface area contributed by atoms with Crippen LogP contribution >= 0.6 is 11.3 Å². The molecular formula is C19H23N3O4S2. The predicted molar refractivity (Wildman–Crippen MR) is 108 cm³/mol. The highest BCUT2D eigenvalue weighted by atomic mass is 32.2. The van der Waals surface area contributed by atoms with Crippen LogP contribution in [0.2, 0.25) is 0 Å². The molecule has 0 bridgehead atoms. The number of aromatic nitrogens is 1. The van der Waals surface area contributed by atoms with Crippen LogP contribution in [0.25, 0.3) is 10.6 Å². The third-order valence-electron chi connectivity index (χ3n) is 4.81. The summed E-state index contributed by atoms with van der Waals surface area (Å²) in [6, 6.07) is 7.86. The summed E-state index contributed by atoms with van der Waals surface area (Å²) in [6.45, 7) is 2.71. The van der Waals surface area contributed by atoms with Gasteiger partial charge in [-0.25, -0.2) is 13.4 Å². The highest BCUT2D eigenvalue weighted by Crippen LogP contribution is 2.25. The molecule has 0 spiro atoms. The number of primary amides is 1. The van der Waals surface area contributed by atoms with E-state index in [-0.39, 0.29) is 17.6 Å². The van der Waals surface area contributed by atoms with Crippen LogP contribution in [0, 0.1) is 12.8 Å². The zero-order valence-electron chi connectivity index (χ0n) is 15.6. The summed E-state index contributed by atoms with van der Waals surface area (Å²) in [4.78, 5) is 29.5. The van der Waals surface area contributed by atoms with Crippen LogP contribution in [0.4, 0.5) is 0 Å². The number of nitrogens with zero attached hydrogens (tertiary/aromatic N) is 2. The minimum atomic E-state index is -3.63. The molecule has 28 heavy (non-hydrogen) atoms. The summed E-state index contributed by atoms with van der Waals surface area (Å²) in [5.41, 5.74) is 7.81. The highest BCUT2D eigenvalue weighted by Gasteiger charge is 2.28. The van der Waals surface area contributed by atoms with Crippen molar-refractivity contribution in [2.24, 2.45) is 11.7 Å². The molecule has 0 saturated carbocycles. The van der Waals surface area contributed by atoms with Gasteiger partial charge in [0.15, 0.2) is 9.84 Å². The molecule has 1 saturated heterocycles. The molecule has 1 aromatic heterocycles. The molecule has 2 heterocycles. The molecule has 2 amide bonds. The molecule has 150 valence electrons. The Labute approximate surface area is 168 Å². The molecule has 2 N–H and O–H groups in total. The molecule has 7 nitrogen and oxygen atoms in total. The maximum atomic E-state index is 12.5. The Morgan fingerprint density at radius 1 is 1.21 bits per heavy atom. The number of thiazole rings is 1. The Morgan fingerprint density at radius 3 is 2.46 bits per heavy atom. The van der Waals surface area contributed by atoms with Crippen LogP contribution in [-0.2, 0) is 25.2 Å². The van der Waals surface area contributed by atoms with Gasteiger partial charge in [0.05, 0.1) is 11.4 Å². The van der Waals surface area contributed by atoms with Crippen LogP contribution in [0.15, 0.2) is 29.6 Å². The third kappa shape index (κ3) is 5.17. The number of likely N-dealkylation sites (tertiary alicyclic amines) is 1. The molecule has 9 heteroatoms. The van der Waals surface area contributed by atoms with Gasteiger partial charge in [0.25, 0.3) is 0 Å². The van der Waals surface area contributed by atoms with Crippen LogP contribution in [0.3, 0.4) is 0 Å². The quantitative estimate of drug-likeness (QED) is 0.764. The smallest absolute Gasteiger partial charge is 0.237 e. The van der Waals surface area contributed by atoms with Crippen molar-refractivity contribution in [2.45, 2.75) is 25.5 Å². The van der Waals surface area contributed by atoms with Gasteiger partial charge in [-0.15, -0.1) is 11.3 Å². The highest BCUT2D eigenvalue weighted by molar-refractivity contribution is 7.91. The largest absolute Gasteiger partial charge is 0.369 e. The normalized spacial score (nSPS) is 15.5. The van der Waals surface area contributed by atoms with Crippen molar-refractivity contribution in [3.63, 3.8) is 0 Å². The molecule has 0 radical (unpaired) electrons. The van der Waals surface area contributed by atoms with E-state index in [9.17, 15) is 18.0 Å². The number of rotatable bonds is 6. The SMILES string of the molecule is Cc1ccc(-c2nc(CS(=O)(=O)CC(=O)N3CCC(C(N)=O)CC3)cs2)cc1. The van der Waals surface area contributed by atoms with Gasteiger partial charge >= 0.3 is 0 Å². The molecule has 1 aliphatic heterocycles. The molecule has 0 unspecified atom stereocenters. The van der Waals surface area contributed by atoms with E-state index in [1.807, 2.05) is 31.2 Å². The van der Waals surface area contributed by atoms with Gasteiger partial charge < -0.3 is 10.6 Å². The summed E-state index contributed by atoms with van der Waals surface area (Å²) in [5, 5.41) is 2.47. The number of nitrogens with two attached hydrogens (primary N) is 1. The zero-order chi connectivity index (χ0) is 20.3. The summed E-state index contributed by atoms with van der Waals surface area (Å²) in [5.74, 6) is -1.86. The minimum absolute atomic E-state index is 0.240. The van der Waals surface area contributed by atoms with Crippen molar-refractivity contribution in [3.8, 4) is 10.6 Å². The molecule has 1 aromatic carbocycles. The lowest BCUT2D eigenvalue weighted by Gasteiger charge is -2.30. The Balaban J connectivity index is 1.59. The summed E-state index contributed by atoms with van der Waals surface area (Å²) < 4.78 is 24.9. The maximum absolute atomic E-state index is 12.5. The van der Waals surface area contributed by atoms with Gasteiger partial charge in [0.1, 0.15) is 10.8 Å². The Hall–Kier alpha value is -2.26. The lowest BCUT2D eigenvalue weighted by molar-refractivity contribution is -0.132. The number of carbonyl (C=O) groups excluding carboxylic acids is 2. The number of piperidine rings is 1. The van der Waals surface area contributed by atoms with E-state index in [4.69, 9.17) is 5.73 Å². The number of carbonyl (C=O) groups is 2. The van der Waals surface area contributed by atoms with Gasteiger partial charge in [0, 0.05) is 30.0 Å². The van der Waals surface area contributed by atoms with E-state index in [0.717, 1.165) is 16.1 Å². The van der Waals surface area contributed by atoms with Crippen molar-refractivity contribution in [1.82, 2.24) is 9.88 Å². The predicted octanol–water partition coefficient (Wildman–Crippen LogP) is 1.76. The minimum Gasteiger partial charge on any atom is -0.369 e. The molecule has 1 fully saturated rings. The number of benzene rings is 1. The zero-order valence-corrected chi connectivity index (χ0v) is 17.3. The van der Waals surface area contributed by atoms with E-state index < -0.39 is 21.5 Å². The average Bonchev–Trinajstić information content (AvgIpc) is 3.09. The third-order valence-corrected chi connectivity index (χ3v) is 7.17. The maximum Gasteiger partial charge on any atom is 0.237 e. The fourth-order valence-corrected chi connectivity index (χ4v) is 5.36. The Morgan fingerprint density at radius 2 is 1.86 bits per heavy atom. The van der Waals surface area contributed by atoms with Crippen LogP contribution in [0.1, 0.15) is 24.1 Å². The van der Waals surface area contributed by atoms with E-state index in [1.54, 1.807) is 5.38 Å². The summed E-state index contributed by atoms with van der Waals surface area (Å²) >= 11 is 1.38. The first kappa shape index (κ1) is 20.5. The molecule has 3 rings (SSSR count). The van der Waals surface area contributed by atoms with E-state index in [0.29, 0.717) is 31.6 Å². The van der Waals surface area contributed by atoms with Gasteiger partial charge in [-0.05, 0) is 19.8 Å². The summed E-state index contributed by atoms with van der Waals surface area (Å²) in [6.07, 6.45) is 0.959. The topological polar surface area (TPSA) is 110 Å². The second kappa shape index (κ2) is 8.40. The van der Waals surface area contributed by atoms with Crippen molar-refractivity contribution in [1.29, 1.82) is 0 Å². The lowest BCUT2D eigenvalue weighted by Crippen LogP contribution is -2.44. The monoisotopic (exact) mass is 421 g/mol. The summed E-state index contributed by atoms with van der Waals surface area (Å²) in [7, 11) is -3.63. The fraction of sp³-hybridized carbons (Fsp3) is 0.421. The second-order valence-electron chi connectivity index (χ2n) is 7.10. The molecular weight excluding hydrogens is 398 g/mol. The number of hydrogen-bond acceptors (Lipinski definition) is 6. The van der Waals surface area contributed by atoms with Gasteiger partial charge in [-0.1, -0.05) is 29.8 Å². The standard InChI is InChI=1S/C19H23N3O4S2/c1-13-2-4-15(5-3-13)19-21-16(10-27-19)11-28(25,26)12-17(23)22-8-6-14(7-9-22)18(20)24/h2-5,10,14H,6-9,11-12H2,1H3,(H2,20,24).